The summed E-state index contributed by atoms with van der Waals surface area (Å²) in [6.07, 6.45) is 0. The Labute approximate surface area is 61.4 Å². The van der Waals surface area contributed by atoms with Gasteiger partial charge < -0.3 is 0 Å². The molecule has 9 heavy (non-hydrogen) atoms. The van der Waals surface area contributed by atoms with Crippen molar-refractivity contribution in [3.63, 3.8) is 0 Å². The van der Waals surface area contributed by atoms with Gasteiger partial charge in [-0.25, -0.2) is 5.14 Å². The van der Waals surface area contributed by atoms with Crippen LogP contribution in [0.25, 0.3) is 0 Å². The topological polar surface area (TPSA) is 72.2 Å². The van der Waals surface area contributed by atoms with E-state index in [0.717, 1.165) is 0 Å². The van der Waals surface area contributed by atoms with E-state index in [1.54, 1.807) is 13.8 Å². The van der Waals surface area contributed by atoms with Crippen LogP contribution < -0.4 is 9.86 Å². The van der Waals surface area contributed by atoms with Gasteiger partial charge in [-0.2, -0.15) is 13.1 Å². The maximum atomic E-state index is 10.1. The lowest BCUT2D eigenvalue weighted by Crippen LogP contribution is -2.35. The Hall–Kier alpha value is 0.160. The molecule has 4 nitrogen and oxygen atoms in total. The number of rotatable bonds is 2. The van der Waals surface area contributed by atoms with Gasteiger partial charge in [0.05, 0.1) is 0 Å². The zero-order chi connectivity index (χ0) is 6.78. The van der Waals surface area contributed by atoms with Gasteiger partial charge in [-0.3, -0.25) is 0 Å². The molecule has 0 radical (unpaired) electrons. The number of nitrogens with one attached hydrogen (secondary N) is 1. The molecule has 0 unspecified atom stereocenters. The minimum absolute atomic E-state index is 0. The lowest BCUT2D eigenvalue weighted by Gasteiger charge is -2.02. The Morgan fingerprint density at radius 1 is 1.44 bits per heavy atom. The molecular formula is C3H11ClN2O2S. The van der Waals surface area contributed by atoms with Crippen molar-refractivity contribution in [2.75, 3.05) is 0 Å². The molecule has 0 saturated heterocycles. The molecule has 0 atom stereocenters. The first-order valence-corrected chi connectivity index (χ1v) is 3.76. The summed E-state index contributed by atoms with van der Waals surface area (Å²) >= 11 is 0. The summed E-state index contributed by atoms with van der Waals surface area (Å²) in [6, 6.07) is -0.120. The van der Waals surface area contributed by atoms with Crippen molar-refractivity contribution in [3.8, 4) is 0 Å². The van der Waals surface area contributed by atoms with Gasteiger partial charge in [-0.1, -0.05) is 0 Å². The highest BCUT2D eigenvalue weighted by Crippen LogP contribution is 1.76. The van der Waals surface area contributed by atoms with Crippen LogP contribution in [0.15, 0.2) is 0 Å². The zero-order valence-corrected chi connectivity index (χ0v) is 6.92. The molecule has 0 rings (SSSR count). The largest absolute Gasteiger partial charge is 0.274 e. The van der Waals surface area contributed by atoms with Crippen molar-refractivity contribution in [1.82, 2.24) is 4.72 Å². The fourth-order valence-corrected chi connectivity index (χ4v) is 0.986. The van der Waals surface area contributed by atoms with Crippen molar-refractivity contribution in [2.45, 2.75) is 19.9 Å². The Kier molecular flexibility index (Phi) is 5.36. The maximum Gasteiger partial charge on any atom is 0.274 e. The molecule has 0 aromatic carbocycles. The van der Waals surface area contributed by atoms with Crippen molar-refractivity contribution < 1.29 is 8.42 Å². The van der Waals surface area contributed by atoms with Crippen LogP contribution in [0.1, 0.15) is 13.8 Å². The molecule has 0 fully saturated rings. The predicted molar refractivity (Wildman–Crippen MR) is 38.6 cm³/mol. The predicted octanol–water partition coefficient (Wildman–Crippen LogP) is -0.390. The molecular weight excluding hydrogens is 164 g/mol. The van der Waals surface area contributed by atoms with Gasteiger partial charge >= 0.3 is 0 Å². The standard InChI is InChI=1S/C3H10N2O2S.ClH/c1-3(2)5-8(4,6)7;/h3,5H,1-2H3,(H2,4,6,7);1H. The second kappa shape index (κ2) is 4.05. The van der Waals surface area contributed by atoms with Crippen molar-refractivity contribution in [2.24, 2.45) is 5.14 Å². The minimum atomic E-state index is -3.47. The molecule has 0 aliphatic carbocycles. The molecule has 0 amide bonds. The van der Waals surface area contributed by atoms with Crippen molar-refractivity contribution in [3.05, 3.63) is 0 Å². The Morgan fingerprint density at radius 3 is 1.78 bits per heavy atom. The molecule has 0 aromatic heterocycles. The summed E-state index contributed by atoms with van der Waals surface area (Å²) in [5, 5.41) is 4.60. The Bertz CT molecular complexity index is 153. The van der Waals surface area contributed by atoms with Gasteiger partial charge in [0.1, 0.15) is 0 Å². The highest BCUT2D eigenvalue weighted by atomic mass is 35.5. The van der Waals surface area contributed by atoms with E-state index < -0.39 is 10.2 Å². The van der Waals surface area contributed by atoms with E-state index in [1.165, 1.54) is 0 Å². The van der Waals surface area contributed by atoms with E-state index in [0.29, 0.717) is 0 Å². The molecule has 0 aromatic rings. The first-order chi connectivity index (χ1) is 3.42. The van der Waals surface area contributed by atoms with Crippen LogP contribution in [0.2, 0.25) is 0 Å². The SMILES string of the molecule is CC(C)NS(N)(=O)=O.Cl. The third kappa shape index (κ3) is 11.6. The van der Waals surface area contributed by atoms with Crippen LogP contribution in [0.4, 0.5) is 0 Å². The van der Waals surface area contributed by atoms with Crippen molar-refractivity contribution in [1.29, 1.82) is 0 Å². The summed E-state index contributed by atoms with van der Waals surface area (Å²) in [5.41, 5.74) is 0. The van der Waals surface area contributed by atoms with Gasteiger partial charge in [0, 0.05) is 6.04 Å². The van der Waals surface area contributed by atoms with Crippen molar-refractivity contribution >= 4 is 22.6 Å². The summed E-state index contributed by atoms with van der Waals surface area (Å²) in [5.74, 6) is 0. The van der Waals surface area contributed by atoms with Crippen LogP contribution in [0, 0.1) is 0 Å². The van der Waals surface area contributed by atoms with Gasteiger partial charge in [0.2, 0.25) is 0 Å². The molecule has 0 saturated carbocycles. The van der Waals surface area contributed by atoms with E-state index in [2.05, 4.69) is 9.86 Å². The lowest BCUT2D eigenvalue weighted by molar-refractivity contribution is 0.571. The van der Waals surface area contributed by atoms with Crippen LogP contribution in [0.5, 0.6) is 0 Å². The van der Waals surface area contributed by atoms with E-state index in [-0.39, 0.29) is 18.4 Å². The molecule has 0 aliphatic heterocycles. The van der Waals surface area contributed by atoms with Gasteiger partial charge in [0.15, 0.2) is 0 Å². The summed E-state index contributed by atoms with van der Waals surface area (Å²) in [7, 11) is -3.47. The molecule has 0 heterocycles. The number of hydrogen-bond acceptors (Lipinski definition) is 2. The third-order valence-corrected chi connectivity index (χ3v) is 1.20. The molecule has 3 N–H and O–H groups in total. The maximum absolute atomic E-state index is 10.1. The van der Waals surface area contributed by atoms with Crippen LogP contribution in [-0.4, -0.2) is 14.5 Å². The molecule has 0 aliphatic rings. The summed E-state index contributed by atoms with van der Waals surface area (Å²) < 4.78 is 22.3. The monoisotopic (exact) mass is 174 g/mol. The molecule has 0 bridgehead atoms. The molecule has 0 spiro atoms. The first kappa shape index (κ1) is 11.9. The fourth-order valence-electron chi connectivity index (χ4n) is 0.329. The lowest BCUT2D eigenvalue weighted by atomic mass is 10.4. The summed E-state index contributed by atoms with van der Waals surface area (Å²) in [6.45, 7) is 3.40. The molecule has 58 valence electrons. The third-order valence-electron chi connectivity index (χ3n) is 0.400. The van der Waals surface area contributed by atoms with Gasteiger partial charge in [0.25, 0.3) is 10.2 Å². The number of hydrogen-bond donors (Lipinski definition) is 2. The van der Waals surface area contributed by atoms with Gasteiger partial charge in [-0.15, -0.1) is 12.4 Å². The smallest absolute Gasteiger partial charge is 0.216 e. The highest BCUT2D eigenvalue weighted by Gasteiger charge is 2.01. The second-order valence-corrected chi connectivity index (χ2v) is 3.14. The van der Waals surface area contributed by atoms with E-state index in [1.807, 2.05) is 0 Å². The Morgan fingerprint density at radius 2 is 1.78 bits per heavy atom. The van der Waals surface area contributed by atoms with Crippen LogP contribution in [0.3, 0.4) is 0 Å². The number of halogens is 1. The zero-order valence-electron chi connectivity index (χ0n) is 5.29. The average molecular weight is 175 g/mol. The van der Waals surface area contributed by atoms with Crippen LogP contribution >= 0.6 is 12.4 Å². The minimum Gasteiger partial charge on any atom is -0.216 e. The first-order valence-electron chi connectivity index (χ1n) is 2.22. The normalized spacial score (nSPS) is 11.1. The number of nitrogens with two attached hydrogens (primary N) is 1. The van der Waals surface area contributed by atoms with E-state index in [4.69, 9.17) is 0 Å². The van der Waals surface area contributed by atoms with Gasteiger partial charge in [-0.05, 0) is 13.8 Å². The molecule has 6 heteroatoms. The highest BCUT2D eigenvalue weighted by molar-refractivity contribution is 7.87. The quantitative estimate of drug-likeness (QED) is 0.599. The van der Waals surface area contributed by atoms with E-state index >= 15 is 0 Å². The fraction of sp³-hybridized carbons (Fsp3) is 1.00. The Balaban J connectivity index is 0. The average Bonchev–Trinajstić information content (AvgIpc) is 1.21. The summed E-state index contributed by atoms with van der Waals surface area (Å²) in [4.78, 5) is 0. The van der Waals surface area contributed by atoms with E-state index in [9.17, 15) is 8.42 Å². The van der Waals surface area contributed by atoms with Crippen LogP contribution in [-0.2, 0) is 10.2 Å². The second-order valence-electron chi connectivity index (χ2n) is 1.82.